The monoisotopic (exact) mass is 414 g/mol. The van der Waals surface area contributed by atoms with Gasteiger partial charge in [-0.05, 0) is 22.9 Å². The Morgan fingerprint density at radius 2 is 1.63 bits per heavy atom. The van der Waals surface area contributed by atoms with Crippen LogP contribution in [0.4, 0.5) is 22.0 Å². The number of halogens is 5. The molecule has 148 valence electrons. The predicted octanol–water partition coefficient (Wildman–Crippen LogP) is 3.17. The van der Waals surface area contributed by atoms with E-state index in [-0.39, 0.29) is 5.75 Å². The third-order valence-corrected chi connectivity index (χ3v) is 4.18. The number of hydrogen-bond donors (Lipinski definition) is 1. The minimum atomic E-state index is -6.49. The van der Waals surface area contributed by atoms with Crippen LogP contribution in [0.3, 0.4) is 0 Å². The van der Waals surface area contributed by atoms with Crippen molar-refractivity contribution in [2.45, 2.75) is 17.5 Å². The molecule has 27 heavy (non-hydrogen) atoms. The standard InChI is InChI=1S/C15H11F5O6S/c16-14(17,18)13(15(19,20)27(22,23)24)26-12(21)8-25-11-6-5-9-3-1-2-4-10(9)7-11/h1-7,13H,8H2,(H,22,23,24). The van der Waals surface area contributed by atoms with E-state index in [0.717, 1.165) is 5.39 Å². The summed E-state index contributed by atoms with van der Waals surface area (Å²) in [5, 5.41) is -4.31. The van der Waals surface area contributed by atoms with Crippen LogP contribution in [-0.2, 0) is 19.6 Å². The highest BCUT2D eigenvalue weighted by Gasteiger charge is 2.66. The average Bonchev–Trinajstić information content (AvgIpc) is 2.55. The van der Waals surface area contributed by atoms with Gasteiger partial charge in [-0.25, -0.2) is 4.79 Å². The molecule has 2 rings (SSSR count). The van der Waals surface area contributed by atoms with E-state index in [1.165, 1.54) is 12.1 Å². The maximum absolute atomic E-state index is 13.3. The normalized spacial score (nSPS) is 14.0. The molecular formula is C15H11F5O6S. The van der Waals surface area contributed by atoms with Gasteiger partial charge in [-0.3, -0.25) is 4.55 Å². The Morgan fingerprint density at radius 3 is 2.19 bits per heavy atom. The second-order valence-electron chi connectivity index (χ2n) is 5.25. The first-order chi connectivity index (χ1) is 12.3. The summed E-state index contributed by atoms with van der Waals surface area (Å²) in [4.78, 5) is 11.5. The third kappa shape index (κ3) is 4.83. The molecule has 0 bridgehead atoms. The Balaban J connectivity index is 2.11. The molecule has 12 heteroatoms. The van der Waals surface area contributed by atoms with Crippen LogP contribution < -0.4 is 4.74 Å². The summed E-state index contributed by atoms with van der Waals surface area (Å²) >= 11 is 0. The molecule has 0 amide bonds. The molecule has 1 unspecified atom stereocenters. The molecule has 1 N–H and O–H groups in total. The van der Waals surface area contributed by atoms with Gasteiger partial charge in [0, 0.05) is 0 Å². The number of hydrogen-bond acceptors (Lipinski definition) is 5. The first kappa shape index (κ1) is 20.8. The molecule has 6 nitrogen and oxygen atoms in total. The molecule has 0 heterocycles. The maximum Gasteiger partial charge on any atom is 0.432 e. The largest absolute Gasteiger partial charge is 0.482 e. The first-order valence-corrected chi connectivity index (χ1v) is 8.49. The molecule has 0 radical (unpaired) electrons. The smallest absolute Gasteiger partial charge is 0.432 e. The van der Waals surface area contributed by atoms with Crippen LogP contribution in [0, 0.1) is 0 Å². The van der Waals surface area contributed by atoms with Crippen molar-refractivity contribution in [2.75, 3.05) is 6.61 Å². The topological polar surface area (TPSA) is 89.9 Å². The van der Waals surface area contributed by atoms with Gasteiger partial charge in [0.1, 0.15) is 5.75 Å². The van der Waals surface area contributed by atoms with Gasteiger partial charge in [-0.2, -0.15) is 30.4 Å². The van der Waals surface area contributed by atoms with Gasteiger partial charge < -0.3 is 9.47 Å². The Labute approximate surface area is 149 Å². The summed E-state index contributed by atoms with van der Waals surface area (Å²) in [6.45, 7) is -1.20. The van der Waals surface area contributed by atoms with Crippen molar-refractivity contribution in [3.05, 3.63) is 42.5 Å². The second-order valence-corrected chi connectivity index (χ2v) is 6.74. The van der Waals surface area contributed by atoms with Crippen LogP contribution in [0.15, 0.2) is 42.5 Å². The fourth-order valence-electron chi connectivity index (χ4n) is 2.03. The van der Waals surface area contributed by atoms with Gasteiger partial charge >= 0.3 is 27.5 Å². The number of benzene rings is 2. The van der Waals surface area contributed by atoms with Gasteiger partial charge in [0.05, 0.1) is 0 Å². The summed E-state index contributed by atoms with van der Waals surface area (Å²) in [7, 11) is -6.49. The zero-order valence-electron chi connectivity index (χ0n) is 13.1. The number of ether oxygens (including phenoxy) is 2. The van der Waals surface area contributed by atoms with Crippen molar-refractivity contribution >= 4 is 26.9 Å². The Hall–Kier alpha value is -2.47. The minimum Gasteiger partial charge on any atom is -0.482 e. The highest BCUT2D eigenvalue weighted by atomic mass is 32.2. The molecule has 1 atom stereocenters. The van der Waals surface area contributed by atoms with Gasteiger partial charge in [0.25, 0.3) is 6.10 Å². The Kier molecular flexibility index (Phi) is 5.61. The zero-order valence-corrected chi connectivity index (χ0v) is 13.9. The summed E-state index contributed by atoms with van der Waals surface area (Å²) in [5.41, 5.74) is 0. The van der Waals surface area contributed by atoms with Crippen LogP contribution in [0.5, 0.6) is 5.75 Å². The summed E-state index contributed by atoms with van der Waals surface area (Å²) in [6.07, 6.45) is -10.4. The number of carbonyl (C=O) groups is 1. The van der Waals surface area contributed by atoms with E-state index in [4.69, 9.17) is 9.29 Å². The minimum absolute atomic E-state index is 0.0377. The highest BCUT2D eigenvalue weighted by Crippen LogP contribution is 2.38. The lowest BCUT2D eigenvalue weighted by molar-refractivity contribution is -0.259. The van der Waals surface area contributed by atoms with E-state index >= 15 is 0 Å². The van der Waals surface area contributed by atoms with Crippen LogP contribution >= 0.6 is 0 Å². The molecule has 0 aliphatic carbocycles. The molecule has 0 spiro atoms. The quantitative estimate of drug-likeness (QED) is 0.444. The number of esters is 1. The molecular weight excluding hydrogens is 403 g/mol. The van der Waals surface area contributed by atoms with Gasteiger partial charge in [0.15, 0.2) is 6.61 Å². The molecule has 2 aromatic rings. The van der Waals surface area contributed by atoms with Crippen molar-refractivity contribution < 1.29 is 49.2 Å². The van der Waals surface area contributed by atoms with Crippen LogP contribution in [0.1, 0.15) is 0 Å². The molecule has 2 aromatic carbocycles. The molecule has 0 saturated carbocycles. The van der Waals surface area contributed by atoms with Crippen LogP contribution in [-0.4, -0.2) is 43.1 Å². The highest BCUT2D eigenvalue weighted by molar-refractivity contribution is 7.86. The van der Waals surface area contributed by atoms with Crippen LogP contribution in [0.2, 0.25) is 0 Å². The maximum atomic E-state index is 13.3. The lowest BCUT2D eigenvalue weighted by Gasteiger charge is -2.26. The van der Waals surface area contributed by atoms with Crippen molar-refractivity contribution in [3.8, 4) is 5.75 Å². The lowest BCUT2D eigenvalue weighted by atomic mass is 10.1. The summed E-state index contributed by atoms with van der Waals surface area (Å²) in [5.74, 6) is -1.87. The predicted molar refractivity (Wildman–Crippen MR) is 81.9 cm³/mol. The van der Waals surface area contributed by atoms with E-state index < -0.39 is 40.2 Å². The zero-order chi connectivity index (χ0) is 20.5. The summed E-state index contributed by atoms with van der Waals surface area (Å²) in [6, 6.07) is 11.3. The molecule has 0 fully saturated rings. The van der Waals surface area contributed by atoms with Crippen molar-refractivity contribution in [3.63, 3.8) is 0 Å². The van der Waals surface area contributed by atoms with Crippen LogP contribution in [0.25, 0.3) is 10.8 Å². The fraction of sp³-hybridized carbons (Fsp3) is 0.267. The van der Waals surface area contributed by atoms with Gasteiger partial charge in [-0.15, -0.1) is 0 Å². The lowest BCUT2D eigenvalue weighted by Crippen LogP contribution is -2.52. The van der Waals surface area contributed by atoms with E-state index in [2.05, 4.69) is 4.74 Å². The fourth-order valence-corrected chi connectivity index (χ4v) is 2.48. The number of carbonyl (C=O) groups excluding carboxylic acids is 1. The first-order valence-electron chi connectivity index (χ1n) is 7.05. The van der Waals surface area contributed by atoms with E-state index in [1.807, 2.05) is 0 Å². The number of alkyl halides is 5. The SMILES string of the molecule is O=C(COc1ccc2ccccc2c1)OC(C(F)(F)F)C(F)(F)S(=O)(=O)O. The third-order valence-electron chi connectivity index (χ3n) is 3.27. The molecule has 0 aliphatic rings. The molecule has 0 aliphatic heterocycles. The number of rotatable bonds is 6. The van der Waals surface area contributed by atoms with Crippen molar-refractivity contribution in [1.29, 1.82) is 0 Å². The second kappa shape index (κ2) is 7.27. The summed E-state index contributed by atoms with van der Waals surface area (Å²) < 4.78 is 102. The average molecular weight is 414 g/mol. The van der Waals surface area contributed by atoms with Gasteiger partial charge in [-0.1, -0.05) is 30.3 Å². The van der Waals surface area contributed by atoms with Gasteiger partial charge in [0.2, 0.25) is 0 Å². The number of fused-ring (bicyclic) bond motifs is 1. The molecule has 0 saturated heterocycles. The Morgan fingerprint density at radius 1 is 1.04 bits per heavy atom. The Bertz CT molecular complexity index is 941. The van der Waals surface area contributed by atoms with E-state index in [9.17, 15) is 35.2 Å². The van der Waals surface area contributed by atoms with E-state index in [0.29, 0.717) is 5.39 Å². The van der Waals surface area contributed by atoms with Crippen molar-refractivity contribution in [1.82, 2.24) is 0 Å². The van der Waals surface area contributed by atoms with Crippen molar-refractivity contribution in [2.24, 2.45) is 0 Å². The van der Waals surface area contributed by atoms with E-state index in [1.54, 1.807) is 30.3 Å². The molecule has 0 aromatic heterocycles.